The van der Waals surface area contributed by atoms with Crippen molar-refractivity contribution in [2.24, 2.45) is 0 Å². The molecule has 140 valence electrons. The number of carboxylic acids is 1. The summed E-state index contributed by atoms with van der Waals surface area (Å²) in [6.45, 7) is -0.238. The van der Waals surface area contributed by atoms with Gasteiger partial charge in [-0.3, -0.25) is 4.79 Å². The van der Waals surface area contributed by atoms with Crippen molar-refractivity contribution in [2.75, 3.05) is 0 Å². The lowest BCUT2D eigenvalue weighted by atomic mass is 10.1. The number of phenols is 1. The maximum atomic E-state index is 12.2. The average molecular weight is 373 g/mol. The monoisotopic (exact) mass is 373 g/mol. The van der Waals surface area contributed by atoms with Crippen molar-refractivity contribution < 1.29 is 34.5 Å². The molecule has 0 unspecified atom stereocenters. The lowest BCUT2D eigenvalue weighted by molar-refractivity contribution is -0.763. The van der Waals surface area contributed by atoms with Crippen molar-refractivity contribution in [3.63, 3.8) is 0 Å². The molecule has 0 aromatic heterocycles. The Balaban J connectivity index is 2.09. The highest BCUT2D eigenvalue weighted by atomic mass is 16.9. The molecule has 0 aliphatic carbocycles. The third kappa shape index (κ3) is 6.50. The Labute approximate surface area is 153 Å². The number of carboxylic acid groups (broad SMARTS) is 1. The Morgan fingerprint density at radius 1 is 1.15 bits per heavy atom. The van der Waals surface area contributed by atoms with Crippen molar-refractivity contribution in [2.45, 2.75) is 13.0 Å². The van der Waals surface area contributed by atoms with Crippen molar-refractivity contribution in [3.05, 3.63) is 75.3 Å². The lowest BCUT2D eigenvalue weighted by Crippen LogP contribution is -2.12. The second-order valence-corrected chi connectivity index (χ2v) is 5.36. The lowest BCUT2D eigenvalue weighted by Gasteiger charge is -2.09. The van der Waals surface area contributed by atoms with E-state index in [1.165, 1.54) is 24.3 Å². The molecule has 9 heteroatoms. The number of nitrogens with zero attached hydrogens (tertiary/aromatic N) is 1. The number of aliphatic carboxylic acids is 1. The van der Waals surface area contributed by atoms with Crippen LogP contribution in [0, 0.1) is 10.1 Å². The van der Waals surface area contributed by atoms with Crippen LogP contribution in [-0.4, -0.2) is 27.2 Å². The van der Waals surface area contributed by atoms with Crippen LogP contribution < -0.4 is 4.74 Å². The van der Waals surface area contributed by atoms with E-state index in [0.29, 0.717) is 11.1 Å². The Morgan fingerprint density at radius 2 is 1.89 bits per heavy atom. The van der Waals surface area contributed by atoms with E-state index in [0.717, 1.165) is 6.08 Å². The molecule has 0 heterocycles. The summed E-state index contributed by atoms with van der Waals surface area (Å²) in [7, 11) is 0. The number of carbonyl (C=O) groups is 2. The maximum Gasteiger partial charge on any atom is 0.328 e. The summed E-state index contributed by atoms with van der Waals surface area (Å²) >= 11 is 0. The van der Waals surface area contributed by atoms with Gasteiger partial charge in [0.1, 0.15) is 18.1 Å². The normalized spacial score (nSPS) is 10.5. The first kappa shape index (κ1) is 19.4. The zero-order valence-corrected chi connectivity index (χ0v) is 13.9. The molecule has 2 N–H and O–H groups in total. The van der Waals surface area contributed by atoms with Crippen LogP contribution in [0.1, 0.15) is 16.7 Å². The Kier molecular flexibility index (Phi) is 6.48. The van der Waals surface area contributed by atoms with Crippen LogP contribution in [0.2, 0.25) is 0 Å². The van der Waals surface area contributed by atoms with Crippen molar-refractivity contribution in [1.82, 2.24) is 0 Å². The summed E-state index contributed by atoms with van der Waals surface area (Å²) in [6, 6.07) is 10.4. The van der Waals surface area contributed by atoms with Crippen LogP contribution in [0.5, 0.6) is 11.5 Å². The Bertz CT molecular complexity index is 891. The van der Waals surface area contributed by atoms with E-state index in [-0.39, 0.29) is 30.1 Å². The van der Waals surface area contributed by atoms with Gasteiger partial charge in [-0.05, 0) is 35.4 Å². The minimum Gasteiger partial charge on any atom is -0.508 e. The number of carbonyl (C=O) groups excluding carboxylic acids is 1. The standard InChI is InChI=1S/C18H15NO8/c20-15-5-6-16(14(10-15)4-7-17(21)22)27-18(23)9-12-2-1-3-13(8-12)11-26-19(24)25/h1-8,10,20H,9,11H2,(H,21,22). The second-order valence-electron chi connectivity index (χ2n) is 5.36. The highest BCUT2D eigenvalue weighted by Crippen LogP contribution is 2.25. The molecule has 2 aromatic carbocycles. The molecular weight excluding hydrogens is 358 g/mol. The third-order valence-corrected chi connectivity index (χ3v) is 3.30. The molecule has 0 saturated heterocycles. The summed E-state index contributed by atoms with van der Waals surface area (Å²) in [5.41, 5.74) is 1.30. The minimum atomic E-state index is -1.19. The summed E-state index contributed by atoms with van der Waals surface area (Å²) in [5.74, 6) is -1.84. The molecule has 9 nitrogen and oxygen atoms in total. The summed E-state index contributed by atoms with van der Waals surface area (Å²) in [4.78, 5) is 37.3. The molecule has 0 atom stereocenters. The molecule has 0 radical (unpaired) electrons. The van der Waals surface area contributed by atoms with Crippen LogP contribution >= 0.6 is 0 Å². The minimum absolute atomic E-state index is 0.0862. The molecular formula is C18H15NO8. The maximum absolute atomic E-state index is 12.2. The Hall–Kier alpha value is -3.88. The topological polar surface area (TPSA) is 136 Å². The summed E-state index contributed by atoms with van der Waals surface area (Å²) in [6.07, 6.45) is 1.93. The predicted octanol–water partition coefficient (Wildman–Crippen LogP) is 2.35. The number of hydrogen-bond acceptors (Lipinski definition) is 7. The molecule has 0 fully saturated rings. The van der Waals surface area contributed by atoms with Gasteiger partial charge in [0, 0.05) is 11.6 Å². The molecule has 2 rings (SSSR count). The average Bonchev–Trinajstić information content (AvgIpc) is 2.60. The molecule has 27 heavy (non-hydrogen) atoms. The van der Waals surface area contributed by atoms with Gasteiger partial charge in [-0.2, -0.15) is 0 Å². The summed E-state index contributed by atoms with van der Waals surface area (Å²) in [5, 5.41) is 27.6. The smallest absolute Gasteiger partial charge is 0.328 e. The van der Waals surface area contributed by atoms with E-state index in [1.54, 1.807) is 24.3 Å². The van der Waals surface area contributed by atoms with Crippen LogP contribution in [-0.2, 0) is 27.5 Å². The zero-order valence-electron chi connectivity index (χ0n) is 13.9. The largest absolute Gasteiger partial charge is 0.508 e. The molecule has 0 aliphatic heterocycles. The number of benzene rings is 2. The van der Waals surface area contributed by atoms with E-state index < -0.39 is 17.0 Å². The number of ether oxygens (including phenoxy) is 1. The molecule has 0 bridgehead atoms. The van der Waals surface area contributed by atoms with E-state index in [2.05, 4.69) is 4.84 Å². The van der Waals surface area contributed by atoms with Crippen LogP contribution in [0.3, 0.4) is 0 Å². The first-order valence-electron chi connectivity index (χ1n) is 7.63. The number of rotatable bonds is 8. The zero-order chi connectivity index (χ0) is 19.8. The Morgan fingerprint density at radius 3 is 2.59 bits per heavy atom. The van der Waals surface area contributed by atoms with Crippen molar-refractivity contribution >= 4 is 18.0 Å². The fraction of sp³-hybridized carbons (Fsp3) is 0.111. The molecule has 0 aliphatic rings. The first-order valence-corrected chi connectivity index (χ1v) is 7.63. The van der Waals surface area contributed by atoms with Crippen LogP contribution in [0.25, 0.3) is 6.08 Å². The quantitative estimate of drug-likeness (QED) is 0.237. The molecule has 0 saturated carbocycles. The van der Waals surface area contributed by atoms with Crippen LogP contribution in [0.15, 0.2) is 48.5 Å². The molecule has 0 spiro atoms. The van der Waals surface area contributed by atoms with E-state index in [9.17, 15) is 24.8 Å². The fourth-order valence-corrected chi connectivity index (χ4v) is 2.20. The van der Waals surface area contributed by atoms with Gasteiger partial charge in [-0.1, -0.05) is 24.3 Å². The van der Waals surface area contributed by atoms with Gasteiger partial charge in [0.05, 0.1) is 6.42 Å². The highest BCUT2D eigenvalue weighted by Gasteiger charge is 2.11. The van der Waals surface area contributed by atoms with Gasteiger partial charge in [0.25, 0.3) is 5.09 Å². The van der Waals surface area contributed by atoms with E-state index in [1.807, 2.05) is 0 Å². The van der Waals surface area contributed by atoms with Crippen LogP contribution in [0.4, 0.5) is 0 Å². The van der Waals surface area contributed by atoms with Gasteiger partial charge in [-0.15, -0.1) is 10.1 Å². The van der Waals surface area contributed by atoms with Gasteiger partial charge < -0.3 is 19.8 Å². The van der Waals surface area contributed by atoms with Crippen molar-refractivity contribution in [1.29, 1.82) is 0 Å². The molecule has 0 amide bonds. The summed E-state index contributed by atoms with van der Waals surface area (Å²) < 4.78 is 5.24. The number of aromatic hydroxyl groups is 1. The van der Waals surface area contributed by atoms with Gasteiger partial charge >= 0.3 is 11.9 Å². The first-order chi connectivity index (χ1) is 12.8. The second kappa shape index (κ2) is 8.99. The van der Waals surface area contributed by atoms with Gasteiger partial charge in [0.2, 0.25) is 0 Å². The third-order valence-electron chi connectivity index (χ3n) is 3.30. The van der Waals surface area contributed by atoms with Crippen molar-refractivity contribution in [3.8, 4) is 11.5 Å². The van der Waals surface area contributed by atoms with E-state index in [4.69, 9.17) is 9.84 Å². The number of esters is 1. The molecule has 2 aromatic rings. The number of phenolic OH excluding ortho intramolecular Hbond substituents is 1. The predicted molar refractivity (Wildman–Crippen MR) is 92.3 cm³/mol. The van der Waals surface area contributed by atoms with Gasteiger partial charge in [0.15, 0.2) is 0 Å². The highest BCUT2D eigenvalue weighted by molar-refractivity contribution is 5.86. The SMILES string of the molecule is O=C(O)C=Cc1cc(O)ccc1OC(=O)Cc1cccc(CO[N+](=O)[O-])c1. The van der Waals surface area contributed by atoms with E-state index >= 15 is 0 Å². The van der Waals surface area contributed by atoms with Gasteiger partial charge in [-0.25, -0.2) is 4.79 Å². The fourth-order valence-electron chi connectivity index (χ4n) is 2.20. The number of hydrogen-bond donors (Lipinski definition) is 2.